The average Bonchev–Trinajstić information content (AvgIpc) is 2.36. The van der Waals surface area contributed by atoms with Gasteiger partial charge in [0.15, 0.2) is 0 Å². The Morgan fingerprint density at radius 2 is 1.95 bits per heavy atom. The minimum Gasteiger partial charge on any atom is -0.398 e. The summed E-state index contributed by atoms with van der Waals surface area (Å²) in [5.74, 6) is -6.58. The van der Waals surface area contributed by atoms with Gasteiger partial charge in [-0.2, -0.15) is 8.78 Å². The summed E-state index contributed by atoms with van der Waals surface area (Å²) in [5, 5.41) is 0. The van der Waals surface area contributed by atoms with Crippen molar-refractivity contribution in [2.24, 2.45) is 0 Å². The Morgan fingerprint density at radius 3 is 2.42 bits per heavy atom. The van der Waals surface area contributed by atoms with Gasteiger partial charge in [-0.3, -0.25) is 4.79 Å². The molecule has 0 aliphatic rings. The topological polar surface area (TPSA) is 46.3 Å². The first-order chi connectivity index (χ1) is 8.80. The number of para-hydroxylation sites is 1. The van der Waals surface area contributed by atoms with Gasteiger partial charge in [-0.25, -0.2) is 8.78 Å². The van der Waals surface area contributed by atoms with Gasteiger partial charge < -0.3 is 10.6 Å². The number of halogens is 4. The third kappa shape index (κ3) is 3.36. The molecule has 3 nitrogen and oxygen atoms in total. The molecule has 106 valence electrons. The second-order valence-electron chi connectivity index (χ2n) is 3.94. The minimum atomic E-state index is -4.68. The summed E-state index contributed by atoms with van der Waals surface area (Å²) >= 11 is 0. The van der Waals surface area contributed by atoms with Gasteiger partial charge in [-0.05, 0) is 18.6 Å². The standard InChI is InChI=1S/C12H14F4N2O/c1-2-18(11(19)12(15,16)10(13)14)7-8-5-3-4-6-9(8)17/h3-6,10H,2,7,17H2,1H3. The number of alkyl halides is 4. The SMILES string of the molecule is CCN(Cc1ccccc1N)C(=O)C(F)(F)C(F)F. The van der Waals surface area contributed by atoms with Crippen molar-refractivity contribution in [1.29, 1.82) is 0 Å². The summed E-state index contributed by atoms with van der Waals surface area (Å²) in [4.78, 5) is 12.1. The number of anilines is 1. The summed E-state index contributed by atoms with van der Waals surface area (Å²) < 4.78 is 50.3. The monoisotopic (exact) mass is 278 g/mol. The highest BCUT2D eigenvalue weighted by Gasteiger charge is 2.50. The molecule has 0 saturated heterocycles. The van der Waals surface area contributed by atoms with Gasteiger partial charge >= 0.3 is 12.3 Å². The Labute approximate surface area is 108 Å². The van der Waals surface area contributed by atoms with E-state index in [4.69, 9.17) is 5.73 Å². The van der Waals surface area contributed by atoms with E-state index in [1.807, 2.05) is 0 Å². The van der Waals surface area contributed by atoms with Crippen LogP contribution in [-0.4, -0.2) is 29.7 Å². The zero-order valence-corrected chi connectivity index (χ0v) is 10.2. The van der Waals surface area contributed by atoms with E-state index in [-0.39, 0.29) is 13.1 Å². The van der Waals surface area contributed by atoms with E-state index < -0.39 is 18.3 Å². The molecule has 7 heteroatoms. The van der Waals surface area contributed by atoms with Crippen molar-refractivity contribution in [2.75, 3.05) is 12.3 Å². The van der Waals surface area contributed by atoms with E-state index in [0.717, 1.165) is 0 Å². The van der Waals surface area contributed by atoms with Crippen molar-refractivity contribution in [3.05, 3.63) is 29.8 Å². The molecule has 0 heterocycles. The Morgan fingerprint density at radius 1 is 1.37 bits per heavy atom. The number of nitrogens with two attached hydrogens (primary N) is 1. The molecule has 0 fully saturated rings. The fourth-order valence-corrected chi connectivity index (χ4v) is 1.52. The molecule has 1 amide bonds. The third-order valence-electron chi connectivity index (χ3n) is 2.64. The van der Waals surface area contributed by atoms with Crippen LogP contribution >= 0.6 is 0 Å². The number of hydrogen-bond donors (Lipinski definition) is 1. The van der Waals surface area contributed by atoms with Crippen LogP contribution in [0.1, 0.15) is 12.5 Å². The van der Waals surface area contributed by atoms with Gasteiger partial charge in [0.25, 0.3) is 5.91 Å². The fourth-order valence-electron chi connectivity index (χ4n) is 1.52. The summed E-state index contributed by atoms with van der Waals surface area (Å²) in [6.07, 6.45) is -4.03. The molecule has 0 spiro atoms. The summed E-state index contributed by atoms with van der Waals surface area (Å²) in [6.45, 7) is 1.08. The highest BCUT2D eigenvalue weighted by molar-refractivity contribution is 5.84. The van der Waals surface area contributed by atoms with E-state index >= 15 is 0 Å². The van der Waals surface area contributed by atoms with Crippen LogP contribution in [-0.2, 0) is 11.3 Å². The quantitative estimate of drug-likeness (QED) is 0.664. The first-order valence-corrected chi connectivity index (χ1v) is 5.59. The van der Waals surface area contributed by atoms with Crippen LogP contribution in [0.4, 0.5) is 23.2 Å². The van der Waals surface area contributed by atoms with E-state index in [0.29, 0.717) is 16.2 Å². The molecule has 0 unspecified atom stereocenters. The van der Waals surface area contributed by atoms with Crippen LogP contribution in [0.25, 0.3) is 0 Å². The van der Waals surface area contributed by atoms with E-state index in [1.54, 1.807) is 24.3 Å². The van der Waals surface area contributed by atoms with Crippen LogP contribution in [0.2, 0.25) is 0 Å². The highest BCUT2D eigenvalue weighted by atomic mass is 19.3. The number of rotatable bonds is 5. The molecule has 0 bridgehead atoms. The number of amides is 1. The number of nitrogen functional groups attached to an aromatic ring is 1. The molecule has 0 aliphatic heterocycles. The predicted molar refractivity (Wildman–Crippen MR) is 62.9 cm³/mol. The first-order valence-electron chi connectivity index (χ1n) is 5.59. The zero-order valence-electron chi connectivity index (χ0n) is 10.2. The van der Waals surface area contributed by atoms with Crippen LogP contribution in [0, 0.1) is 0 Å². The number of hydrogen-bond acceptors (Lipinski definition) is 2. The van der Waals surface area contributed by atoms with Crippen LogP contribution in [0.5, 0.6) is 0 Å². The molecule has 0 radical (unpaired) electrons. The van der Waals surface area contributed by atoms with Gasteiger partial charge in [0, 0.05) is 18.8 Å². The van der Waals surface area contributed by atoms with Crippen LogP contribution in [0.15, 0.2) is 24.3 Å². The largest absolute Gasteiger partial charge is 0.398 e. The lowest BCUT2D eigenvalue weighted by atomic mass is 10.1. The van der Waals surface area contributed by atoms with Gasteiger partial charge in [0.1, 0.15) is 0 Å². The van der Waals surface area contributed by atoms with Gasteiger partial charge in [-0.1, -0.05) is 18.2 Å². The Hall–Kier alpha value is -1.79. The molecule has 1 rings (SSSR count). The molecule has 0 atom stereocenters. The van der Waals surface area contributed by atoms with Gasteiger partial charge in [-0.15, -0.1) is 0 Å². The van der Waals surface area contributed by atoms with E-state index in [1.165, 1.54) is 6.92 Å². The van der Waals surface area contributed by atoms with Crippen LogP contribution in [0.3, 0.4) is 0 Å². The Bertz CT molecular complexity index is 451. The normalized spacial score (nSPS) is 11.7. The number of nitrogens with zero attached hydrogens (tertiary/aromatic N) is 1. The van der Waals surface area contributed by atoms with Crippen molar-refractivity contribution in [3.63, 3.8) is 0 Å². The molecule has 1 aromatic rings. The second-order valence-corrected chi connectivity index (χ2v) is 3.94. The maximum absolute atomic E-state index is 13.0. The number of carbonyl (C=O) groups excluding carboxylic acids is 1. The molecular weight excluding hydrogens is 264 g/mol. The zero-order chi connectivity index (χ0) is 14.6. The van der Waals surface area contributed by atoms with E-state index in [9.17, 15) is 22.4 Å². The van der Waals surface area contributed by atoms with Gasteiger partial charge in [0.2, 0.25) is 0 Å². The summed E-state index contributed by atoms with van der Waals surface area (Å²) in [6, 6.07) is 6.35. The van der Waals surface area contributed by atoms with Crippen molar-refractivity contribution >= 4 is 11.6 Å². The maximum atomic E-state index is 13.0. The summed E-state index contributed by atoms with van der Waals surface area (Å²) in [5.41, 5.74) is 6.37. The van der Waals surface area contributed by atoms with Crippen molar-refractivity contribution in [2.45, 2.75) is 25.8 Å². The Balaban J connectivity index is 2.91. The van der Waals surface area contributed by atoms with Crippen LogP contribution < -0.4 is 5.73 Å². The smallest absolute Gasteiger partial charge is 0.383 e. The molecular formula is C12H14F4N2O. The fraction of sp³-hybridized carbons (Fsp3) is 0.417. The highest BCUT2D eigenvalue weighted by Crippen LogP contribution is 2.26. The predicted octanol–water partition coefficient (Wildman–Crippen LogP) is 2.52. The lowest BCUT2D eigenvalue weighted by Crippen LogP contribution is -2.47. The number of benzene rings is 1. The summed E-state index contributed by atoms with van der Waals surface area (Å²) in [7, 11) is 0. The van der Waals surface area contributed by atoms with E-state index in [2.05, 4.69) is 0 Å². The van der Waals surface area contributed by atoms with Crippen molar-refractivity contribution in [3.8, 4) is 0 Å². The Kier molecular flexibility index (Phi) is 4.74. The molecule has 0 aromatic heterocycles. The minimum absolute atomic E-state index is 0.116. The molecule has 1 aromatic carbocycles. The molecule has 0 saturated carbocycles. The first kappa shape index (κ1) is 15.3. The molecule has 0 aliphatic carbocycles. The maximum Gasteiger partial charge on any atom is 0.383 e. The van der Waals surface area contributed by atoms with Crippen molar-refractivity contribution in [1.82, 2.24) is 4.90 Å². The molecule has 2 N–H and O–H groups in total. The lowest BCUT2D eigenvalue weighted by molar-refractivity contribution is -0.181. The average molecular weight is 278 g/mol. The lowest BCUT2D eigenvalue weighted by Gasteiger charge is -2.26. The van der Waals surface area contributed by atoms with Crippen molar-refractivity contribution < 1.29 is 22.4 Å². The molecule has 19 heavy (non-hydrogen) atoms. The second kappa shape index (κ2) is 5.90. The number of carbonyl (C=O) groups is 1. The third-order valence-corrected chi connectivity index (χ3v) is 2.64. The van der Waals surface area contributed by atoms with Gasteiger partial charge in [0.05, 0.1) is 0 Å².